The molecule has 0 aliphatic carbocycles. The van der Waals surface area contributed by atoms with Gasteiger partial charge in [0.1, 0.15) is 5.82 Å². The SMILES string of the molecule is CC1CN(CC(=O)N2CC(C)(C)c3ncc(Cc4ccc(F)cc4)cc32)C(CN2C(C)COCC2C)CN1. The number of amides is 1. The van der Waals surface area contributed by atoms with Crippen LogP contribution in [0.2, 0.25) is 0 Å². The highest BCUT2D eigenvalue weighted by molar-refractivity contribution is 5.97. The number of ether oxygens (including phenoxy) is 1. The predicted octanol–water partition coefficient (Wildman–Crippen LogP) is 3.21. The van der Waals surface area contributed by atoms with Gasteiger partial charge >= 0.3 is 0 Å². The normalized spacial score (nSPS) is 27.9. The second-order valence-electron chi connectivity index (χ2n) is 12.2. The van der Waals surface area contributed by atoms with Crippen molar-refractivity contribution in [3.63, 3.8) is 0 Å². The van der Waals surface area contributed by atoms with Gasteiger partial charge in [-0.15, -0.1) is 0 Å². The Bertz CT molecular complexity index is 1130. The number of aromatic nitrogens is 1. The summed E-state index contributed by atoms with van der Waals surface area (Å²) in [4.78, 5) is 25.6. The average Bonchev–Trinajstić information content (AvgIpc) is 3.14. The molecule has 0 bridgehead atoms. The van der Waals surface area contributed by atoms with E-state index in [2.05, 4.69) is 55.8 Å². The van der Waals surface area contributed by atoms with Crippen LogP contribution in [0.15, 0.2) is 36.5 Å². The smallest absolute Gasteiger partial charge is 0.241 e. The number of carbonyl (C=O) groups is 1. The number of nitrogens with zero attached hydrogens (tertiary/aromatic N) is 4. The van der Waals surface area contributed by atoms with E-state index < -0.39 is 0 Å². The molecule has 4 atom stereocenters. The standard InChI is InChI=1S/C30H42FN5O2/c1-20-14-34(26(13-32-20)15-35-21(2)17-38-18-22(35)3)16-28(37)36-19-30(4,5)29-27(36)11-24(12-33-29)10-23-6-8-25(31)9-7-23/h6-9,11-12,20-22,26,32H,10,13-19H2,1-5H3. The van der Waals surface area contributed by atoms with E-state index in [4.69, 9.17) is 9.72 Å². The Hall–Kier alpha value is -2.39. The molecule has 0 saturated carbocycles. The molecule has 5 rings (SSSR count). The number of halogens is 1. The minimum Gasteiger partial charge on any atom is -0.378 e. The van der Waals surface area contributed by atoms with Gasteiger partial charge in [-0.25, -0.2) is 4.39 Å². The largest absolute Gasteiger partial charge is 0.378 e. The number of pyridine rings is 1. The summed E-state index contributed by atoms with van der Waals surface area (Å²) in [7, 11) is 0. The van der Waals surface area contributed by atoms with E-state index in [0.717, 1.165) is 55.4 Å². The first kappa shape index (κ1) is 27.2. The fourth-order valence-electron chi connectivity index (χ4n) is 6.24. The van der Waals surface area contributed by atoms with Crippen LogP contribution in [-0.2, 0) is 21.4 Å². The van der Waals surface area contributed by atoms with E-state index in [1.54, 1.807) is 12.1 Å². The molecule has 1 aromatic heterocycles. The molecular formula is C30H42FN5O2. The van der Waals surface area contributed by atoms with Gasteiger partial charge in [0.25, 0.3) is 0 Å². The van der Waals surface area contributed by atoms with Crippen LogP contribution in [0.3, 0.4) is 0 Å². The summed E-state index contributed by atoms with van der Waals surface area (Å²) in [5, 5.41) is 3.63. The van der Waals surface area contributed by atoms with E-state index in [0.29, 0.717) is 37.6 Å². The monoisotopic (exact) mass is 523 g/mol. The minimum atomic E-state index is -0.238. The van der Waals surface area contributed by atoms with Crippen LogP contribution < -0.4 is 10.2 Å². The Morgan fingerprint density at radius 1 is 1.13 bits per heavy atom. The summed E-state index contributed by atoms with van der Waals surface area (Å²) in [5.41, 5.74) is 3.71. The quantitative estimate of drug-likeness (QED) is 0.628. The molecule has 8 heteroatoms. The fraction of sp³-hybridized carbons (Fsp3) is 0.600. The van der Waals surface area contributed by atoms with Crippen LogP contribution in [0.4, 0.5) is 10.1 Å². The van der Waals surface area contributed by atoms with Crippen LogP contribution >= 0.6 is 0 Å². The van der Waals surface area contributed by atoms with E-state index in [1.165, 1.54) is 12.1 Å². The lowest BCUT2D eigenvalue weighted by molar-refractivity contribution is -0.121. The van der Waals surface area contributed by atoms with Crippen LogP contribution in [0.5, 0.6) is 0 Å². The summed E-state index contributed by atoms with van der Waals surface area (Å²) >= 11 is 0. The molecule has 2 aromatic rings. The molecule has 2 saturated heterocycles. The van der Waals surface area contributed by atoms with Gasteiger partial charge in [-0.1, -0.05) is 26.0 Å². The summed E-state index contributed by atoms with van der Waals surface area (Å²) in [6.45, 7) is 16.1. The van der Waals surface area contributed by atoms with Crippen molar-refractivity contribution in [3.05, 3.63) is 59.2 Å². The van der Waals surface area contributed by atoms with E-state index in [-0.39, 0.29) is 23.2 Å². The predicted molar refractivity (Wildman–Crippen MR) is 148 cm³/mol. The van der Waals surface area contributed by atoms with Crippen molar-refractivity contribution in [1.29, 1.82) is 0 Å². The lowest BCUT2D eigenvalue weighted by Crippen LogP contribution is -2.63. The average molecular weight is 524 g/mol. The number of carbonyl (C=O) groups excluding carboxylic acids is 1. The van der Waals surface area contributed by atoms with Gasteiger partial charge in [-0.3, -0.25) is 19.6 Å². The number of anilines is 1. The highest BCUT2D eigenvalue weighted by Crippen LogP contribution is 2.39. The second kappa shape index (κ2) is 11.0. The van der Waals surface area contributed by atoms with Crippen molar-refractivity contribution < 1.29 is 13.9 Å². The first-order valence-electron chi connectivity index (χ1n) is 14.0. The molecule has 3 aliphatic heterocycles. The van der Waals surface area contributed by atoms with Crippen molar-refractivity contribution in [2.24, 2.45) is 0 Å². The molecule has 38 heavy (non-hydrogen) atoms. The van der Waals surface area contributed by atoms with Gasteiger partial charge in [-0.2, -0.15) is 0 Å². The maximum absolute atomic E-state index is 13.9. The third-order valence-electron chi connectivity index (χ3n) is 8.37. The lowest BCUT2D eigenvalue weighted by atomic mass is 9.91. The maximum Gasteiger partial charge on any atom is 0.241 e. The van der Waals surface area contributed by atoms with Crippen molar-refractivity contribution in [2.75, 3.05) is 50.8 Å². The summed E-state index contributed by atoms with van der Waals surface area (Å²) in [5.74, 6) is -0.114. The summed E-state index contributed by atoms with van der Waals surface area (Å²) in [6.07, 6.45) is 2.55. The summed E-state index contributed by atoms with van der Waals surface area (Å²) in [6, 6.07) is 10.0. The van der Waals surface area contributed by atoms with Crippen molar-refractivity contribution in [2.45, 2.75) is 70.6 Å². The number of rotatable bonds is 6. The van der Waals surface area contributed by atoms with Crippen molar-refractivity contribution in [3.8, 4) is 0 Å². The molecule has 0 spiro atoms. The molecular weight excluding hydrogens is 481 g/mol. The van der Waals surface area contributed by atoms with Crippen molar-refractivity contribution >= 4 is 11.6 Å². The molecule has 4 unspecified atom stereocenters. The number of piperazine rings is 1. The molecule has 7 nitrogen and oxygen atoms in total. The molecule has 1 N–H and O–H groups in total. The number of hydrogen-bond acceptors (Lipinski definition) is 6. The first-order valence-corrected chi connectivity index (χ1v) is 14.0. The number of nitrogens with one attached hydrogen (secondary N) is 1. The maximum atomic E-state index is 13.9. The third kappa shape index (κ3) is 5.78. The molecule has 3 aliphatic rings. The number of hydrogen-bond donors (Lipinski definition) is 1. The topological polar surface area (TPSA) is 60.9 Å². The Kier molecular flexibility index (Phi) is 7.87. The Morgan fingerprint density at radius 3 is 2.55 bits per heavy atom. The minimum absolute atomic E-state index is 0.125. The molecule has 0 radical (unpaired) electrons. The van der Waals surface area contributed by atoms with Gasteiger partial charge in [0, 0.05) is 62.0 Å². The highest BCUT2D eigenvalue weighted by Gasteiger charge is 2.41. The Balaban J connectivity index is 1.33. The van der Waals surface area contributed by atoms with Gasteiger partial charge in [-0.05, 0) is 56.5 Å². The molecule has 206 valence electrons. The first-order chi connectivity index (χ1) is 18.1. The second-order valence-corrected chi connectivity index (χ2v) is 12.2. The van der Waals surface area contributed by atoms with Crippen molar-refractivity contribution in [1.82, 2.24) is 20.1 Å². The summed E-state index contributed by atoms with van der Waals surface area (Å²) < 4.78 is 19.1. The fourth-order valence-corrected chi connectivity index (χ4v) is 6.24. The van der Waals surface area contributed by atoms with E-state index in [1.807, 2.05) is 11.1 Å². The zero-order chi connectivity index (χ0) is 27.0. The highest BCUT2D eigenvalue weighted by atomic mass is 19.1. The van der Waals surface area contributed by atoms with Gasteiger partial charge in [0.2, 0.25) is 5.91 Å². The lowest BCUT2D eigenvalue weighted by Gasteiger charge is -2.46. The van der Waals surface area contributed by atoms with E-state index in [9.17, 15) is 9.18 Å². The molecule has 1 amide bonds. The Morgan fingerprint density at radius 2 is 1.84 bits per heavy atom. The van der Waals surface area contributed by atoms with Gasteiger partial charge < -0.3 is 15.0 Å². The van der Waals surface area contributed by atoms with E-state index >= 15 is 0 Å². The Labute approximate surface area is 226 Å². The van der Waals surface area contributed by atoms with Gasteiger partial charge in [0.15, 0.2) is 0 Å². The molecule has 1 aromatic carbocycles. The number of morpholine rings is 1. The van der Waals surface area contributed by atoms with Crippen LogP contribution in [-0.4, -0.2) is 90.8 Å². The van der Waals surface area contributed by atoms with Crippen LogP contribution in [0.25, 0.3) is 0 Å². The number of fused-ring (bicyclic) bond motifs is 1. The zero-order valence-corrected chi connectivity index (χ0v) is 23.4. The molecule has 4 heterocycles. The number of benzene rings is 1. The van der Waals surface area contributed by atoms with Crippen LogP contribution in [0, 0.1) is 5.82 Å². The zero-order valence-electron chi connectivity index (χ0n) is 23.4. The molecule has 2 fully saturated rings. The third-order valence-corrected chi connectivity index (χ3v) is 8.37. The van der Waals surface area contributed by atoms with Crippen LogP contribution in [0.1, 0.15) is 51.4 Å². The van der Waals surface area contributed by atoms with Gasteiger partial charge in [0.05, 0.1) is 31.1 Å².